The molecule has 0 saturated heterocycles. The molecule has 0 aromatic heterocycles. The van der Waals surface area contributed by atoms with Crippen molar-refractivity contribution in [3.63, 3.8) is 0 Å². The Kier molecular flexibility index (Phi) is 5.40. The van der Waals surface area contributed by atoms with Gasteiger partial charge in [-0.3, -0.25) is 0 Å². The number of nitrogens with zero attached hydrogens (tertiary/aromatic N) is 2. The fourth-order valence-electron chi connectivity index (χ4n) is 4.59. The van der Waals surface area contributed by atoms with E-state index in [4.69, 9.17) is 19.7 Å². The fourth-order valence-corrected chi connectivity index (χ4v) is 4.59. The van der Waals surface area contributed by atoms with Crippen LogP contribution in [0.5, 0.6) is 11.5 Å². The largest absolute Gasteiger partial charge is 0.485 e. The van der Waals surface area contributed by atoms with Gasteiger partial charge in [-0.15, -0.1) is 0 Å². The highest BCUT2D eigenvalue weighted by molar-refractivity contribution is 6.07. The summed E-state index contributed by atoms with van der Waals surface area (Å²) < 4.78 is 12.6. The average molecular weight is 445 g/mol. The van der Waals surface area contributed by atoms with Crippen LogP contribution in [0.4, 0.5) is 0 Å². The summed E-state index contributed by atoms with van der Waals surface area (Å²) in [5.74, 6) is 1.69. The van der Waals surface area contributed by atoms with E-state index in [0.717, 1.165) is 45.2 Å². The van der Waals surface area contributed by atoms with Gasteiger partial charge in [-0.25, -0.2) is 0 Å². The molecular formula is C30H24N2O2. The van der Waals surface area contributed by atoms with Gasteiger partial charge in [0.15, 0.2) is 0 Å². The third kappa shape index (κ3) is 3.99. The molecule has 0 N–H and O–H groups in total. The Bertz CT molecular complexity index is 1260. The summed E-state index contributed by atoms with van der Waals surface area (Å²) in [6.07, 6.45) is 1.15. The van der Waals surface area contributed by atoms with Crippen LogP contribution < -0.4 is 9.47 Å². The van der Waals surface area contributed by atoms with E-state index < -0.39 is 0 Å². The van der Waals surface area contributed by atoms with Gasteiger partial charge < -0.3 is 9.47 Å². The van der Waals surface area contributed by atoms with Crippen LogP contribution in [0, 0.1) is 0 Å². The van der Waals surface area contributed by atoms with Crippen LogP contribution in [0.1, 0.15) is 47.3 Å². The zero-order chi connectivity index (χ0) is 22.7. The standard InChI is InChI=1S/C30H24N2O2/c1-3-11-21(12-4-1)29-19-25(23-15-7-9-17-27(23)33-29)31-32-26-20-30(22-13-5-2-6-14-22)34-28-18-10-8-16-24(26)28/h1-18,29-30H,19-20H2/b31-25-,32-26+/t29-,30-/m1/s1. The lowest BCUT2D eigenvalue weighted by Crippen LogP contribution is -2.22. The normalized spacial score (nSPS) is 21.3. The lowest BCUT2D eigenvalue weighted by molar-refractivity contribution is 0.205. The van der Waals surface area contributed by atoms with Crippen molar-refractivity contribution >= 4 is 11.4 Å². The first-order valence-corrected chi connectivity index (χ1v) is 11.6. The van der Waals surface area contributed by atoms with E-state index in [1.807, 2.05) is 72.8 Å². The molecule has 0 unspecified atom stereocenters. The smallest absolute Gasteiger partial charge is 0.129 e. The summed E-state index contributed by atoms with van der Waals surface area (Å²) in [5, 5.41) is 9.64. The molecule has 2 aliphatic rings. The molecule has 0 amide bonds. The summed E-state index contributed by atoms with van der Waals surface area (Å²) in [6.45, 7) is 0. The van der Waals surface area contributed by atoms with E-state index in [1.54, 1.807) is 0 Å². The molecule has 0 aliphatic carbocycles. The maximum absolute atomic E-state index is 6.32. The van der Waals surface area contributed by atoms with Gasteiger partial charge >= 0.3 is 0 Å². The summed E-state index contributed by atoms with van der Waals surface area (Å²) in [6, 6.07) is 36.7. The van der Waals surface area contributed by atoms with Gasteiger partial charge in [0.2, 0.25) is 0 Å². The van der Waals surface area contributed by atoms with Gasteiger partial charge in [0.05, 0.1) is 11.4 Å². The van der Waals surface area contributed by atoms with E-state index in [0.29, 0.717) is 12.8 Å². The maximum atomic E-state index is 6.32. The van der Waals surface area contributed by atoms with E-state index in [-0.39, 0.29) is 12.2 Å². The minimum Gasteiger partial charge on any atom is -0.485 e. The van der Waals surface area contributed by atoms with Crippen LogP contribution in [0.3, 0.4) is 0 Å². The van der Waals surface area contributed by atoms with Gasteiger partial charge in [0.1, 0.15) is 23.7 Å². The first-order chi connectivity index (χ1) is 16.8. The molecule has 2 atom stereocenters. The second-order valence-electron chi connectivity index (χ2n) is 8.53. The van der Waals surface area contributed by atoms with Crippen molar-refractivity contribution in [2.45, 2.75) is 25.0 Å². The fraction of sp³-hybridized carbons (Fsp3) is 0.133. The van der Waals surface area contributed by atoms with Gasteiger partial charge in [0, 0.05) is 24.0 Å². The molecule has 4 aromatic carbocycles. The minimum atomic E-state index is -0.0888. The number of benzene rings is 4. The Labute approximate surface area is 199 Å². The van der Waals surface area contributed by atoms with Crippen LogP contribution in [-0.4, -0.2) is 11.4 Å². The highest BCUT2D eigenvalue weighted by Crippen LogP contribution is 2.37. The number of para-hydroxylation sites is 2. The number of hydrogen-bond acceptors (Lipinski definition) is 4. The Morgan fingerprint density at radius 2 is 0.853 bits per heavy atom. The summed E-state index contributed by atoms with van der Waals surface area (Å²) in [5.41, 5.74) is 6.14. The maximum Gasteiger partial charge on any atom is 0.129 e. The SMILES string of the molecule is c1ccc([C@H]2C/C(=N/N=C3\C[C@H](c4ccccc4)Oc4ccccc43)c3ccccc3O2)cc1. The molecule has 0 fully saturated rings. The lowest BCUT2D eigenvalue weighted by atomic mass is 9.95. The highest BCUT2D eigenvalue weighted by atomic mass is 16.5. The van der Waals surface area contributed by atoms with E-state index >= 15 is 0 Å². The molecule has 4 aromatic rings. The Balaban J connectivity index is 1.39. The third-order valence-electron chi connectivity index (χ3n) is 6.33. The summed E-state index contributed by atoms with van der Waals surface area (Å²) in [4.78, 5) is 0. The molecule has 0 spiro atoms. The van der Waals surface area contributed by atoms with Crippen molar-refractivity contribution in [3.05, 3.63) is 131 Å². The number of fused-ring (bicyclic) bond motifs is 2. The first kappa shape index (κ1) is 20.4. The molecule has 6 rings (SSSR count). The molecule has 4 heteroatoms. The zero-order valence-electron chi connectivity index (χ0n) is 18.7. The number of rotatable bonds is 3. The van der Waals surface area contributed by atoms with Crippen LogP contribution >= 0.6 is 0 Å². The molecule has 2 aliphatic heterocycles. The predicted octanol–water partition coefficient (Wildman–Crippen LogP) is 6.93. The first-order valence-electron chi connectivity index (χ1n) is 11.6. The van der Waals surface area contributed by atoms with Crippen molar-refractivity contribution in [2.24, 2.45) is 10.2 Å². The summed E-state index contributed by atoms with van der Waals surface area (Å²) >= 11 is 0. The van der Waals surface area contributed by atoms with Crippen LogP contribution in [0.25, 0.3) is 0 Å². The van der Waals surface area contributed by atoms with Crippen LogP contribution in [-0.2, 0) is 0 Å². The topological polar surface area (TPSA) is 43.2 Å². The molecule has 4 nitrogen and oxygen atoms in total. The second kappa shape index (κ2) is 8.99. The van der Waals surface area contributed by atoms with Crippen molar-refractivity contribution in [1.29, 1.82) is 0 Å². The minimum absolute atomic E-state index is 0.0888. The lowest BCUT2D eigenvalue weighted by Gasteiger charge is -2.28. The summed E-state index contributed by atoms with van der Waals surface area (Å²) in [7, 11) is 0. The van der Waals surface area contributed by atoms with Crippen molar-refractivity contribution in [1.82, 2.24) is 0 Å². The molecular weight excluding hydrogens is 420 g/mol. The monoisotopic (exact) mass is 444 g/mol. The molecule has 0 bridgehead atoms. The van der Waals surface area contributed by atoms with Crippen LogP contribution in [0.2, 0.25) is 0 Å². The van der Waals surface area contributed by atoms with Gasteiger partial charge in [-0.1, -0.05) is 84.9 Å². The average Bonchev–Trinajstić information content (AvgIpc) is 2.92. The van der Waals surface area contributed by atoms with E-state index in [1.165, 1.54) is 0 Å². The number of ether oxygens (including phenoxy) is 2. The molecule has 34 heavy (non-hydrogen) atoms. The quantitative estimate of drug-likeness (QED) is 0.322. The second-order valence-corrected chi connectivity index (χ2v) is 8.53. The van der Waals surface area contributed by atoms with Gasteiger partial charge in [0.25, 0.3) is 0 Å². The van der Waals surface area contributed by atoms with Gasteiger partial charge in [-0.05, 0) is 35.4 Å². The van der Waals surface area contributed by atoms with E-state index in [9.17, 15) is 0 Å². The van der Waals surface area contributed by atoms with Crippen molar-refractivity contribution in [2.75, 3.05) is 0 Å². The zero-order valence-corrected chi connectivity index (χ0v) is 18.7. The van der Waals surface area contributed by atoms with E-state index in [2.05, 4.69) is 36.4 Å². The van der Waals surface area contributed by atoms with Crippen molar-refractivity contribution in [3.8, 4) is 11.5 Å². The van der Waals surface area contributed by atoms with Gasteiger partial charge in [-0.2, -0.15) is 10.2 Å². The Morgan fingerprint density at radius 1 is 0.471 bits per heavy atom. The van der Waals surface area contributed by atoms with Crippen molar-refractivity contribution < 1.29 is 9.47 Å². The molecule has 166 valence electrons. The molecule has 0 radical (unpaired) electrons. The Hall–Kier alpha value is -4.18. The Morgan fingerprint density at radius 3 is 1.29 bits per heavy atom. The van der Waals surface area contributed by atoms with Crippen LogP contribution in [0.15, 0.2) is 119 Å². The molecule has 2 heterocycles. The molecule has 0 saturated carbocycles. The third-order valence-corrected chi connectivity index (χ3v) is 6.33. The highest BCUT2D eigenvalue weighted by Gasteiger charge is 2.28. The number of hydrogen-bond donors (Lipinski definition) is 0. The predicted molar refractivity (Wildman–Crippen MR) is 135 cm³/mol.